The fraction of sp³-hybridized carbons (Fsp3) is 0.500. The molecule has 0 aromatic heterocycles. The monoisotopic (exact) mass is 374 g/mol. The van der Waals surface area contributed by atoms with Gasteiger partial charge >= 0.3 is 0 Å². The molecule has 27 heavy (non-hydrogen) atoms. The standard InChI is InChI=1S/C18H22N4O5/c19-11-16(23)20-9-2-4-15(20)18(25)21-10-1-3-14(21)17(24)12-5-7-13(8-6-12)22(26)27/h5-8,14-15H,1-4,9-11,19H2/t14-,15-/m0/s1. The van der Waals surface area contributed by atoms with Crippen LogP contribution < -0.4 is 5.73 Å². The molecule has 0 bridgehead atoms. The number of rotatable bonds is 5. The van der Waals surface area contributed by atoms with Gasteiger partial charge in [0.2, 0.25) is 11.8 Å². The van der Waals surface area contributed by atoms with E-state index < -0.39 is 17.0 Å². The van der Waals surface area contributed by atoms with E-state index in [1.807, 2.05) is 0 Å². The minimum Gasteiger partial charge on any atom is -0.330 e. The molecule has 3 rings (SSSR count). The van der Waals surface area contributed by atoms with Gasteiger partial charge in [0.25, 0.3) is 5.69 Å². The summed E-state index contributed by atoms with van der Waals surface area (Å²) in [7, 11) is 0. The summed E-state index contributed by atoms with van der Waals surface area (Å²) in [5.41, 5.74) is 5.68. The van der Waals surface area contributed by atoms with Gasteiger partial charge in [0.05, 0.1) is 17.5 Å². The van der Waals surface area contributed by atoms with Crippen molar-refractivity contribution in [2.45, 2.75) is 37.8 Å². The van der Waals surface area contributed by atoms with Crippen molar-refractivity contribution in [2.24, 2.45) is 5.73 Å². The molecule has 0 unspecified atom stereocenters. The van der Waals surface area contributed by atoms with Gasteiger partial charge in [0.15, 0.2) is 5.78 Å². The Morgan fingerprint density at radius 1 is 1.04 bits per heavy atom. The van der Waals surface area contributed by atoms with E-state index in [1.54, 1.807) is 4.90 Å². The molecular formula is C18H22N4O5. The van der Waals surface area contributed by atoms with Crippen LogP contribution in [0.2, 0.25) is 0 Å². The lowest BCUT2D eigenvalue weighted by atomic mass is 10.0. The van der Waals surface area contributed by atoms with Crippen molar-refractivity contribution >= 4 is 23.3 Å². The number of hydrogen-bond acceptors (Lipinski definition) is 6. The highest BCUT2D eigenvalue weighted by Crippen LogP contribution is 2.27. The molecule has 2 fully saturated rings. The van der Waals surface area contributed by atoms with E-state index in [2.05, 4.69) is 0 Å². The fourth-order valence-electron chi connectivity index (χ4n) is 3.87. The zero-order chi connectivity index (χ0) is 19.6. The van der Waals surface area contributed by atoms with Crippen molar-refractivity contribution in [2.75, 3.05) is 19.6 Å². The third-order valence-corrected chi connectivity index (χ3v) is 5.23. The SMILES string of the molecule is NCC(=O)N1CCC[C@H]1C(=O)N1CCC[C@H]1C(=O)c1ccc([N+](=O)[O-])cc1. The molecule has 2 N–H and O–H groups in total. The van der Waals surface area contributed by atoms with Crippen molar-refractivity contribution in [3.05, 3.63) is 39.9 Å². The second-order valence-electron chi connectivity index (χ2n) is 6.81. The van der Waals surface area contributed by atoms with Gasteiger partial charge in [-0.05, 0) is 37.8 Å². The first-order valence-corrected chi connectivity index (χ1v) is 9.02. The predicted octanol–water partition coefficient (Wildman–Crippen LogP) is 0.718. The van der Waals surface area contributed by atoms with Crippen LogP contribution in [-0.2, 0) is 9.59 Å². The summed E-state index contributed by atoms with van der Waals surface area (Å²) in [5, 5.41) is 10.8. The van der Waals surface area contributed by atoms with Gasteiger partial charge in [0, 0.05) is 30.8 Å². The Kier molecular flexibility index (Phi) is 5.50. The minimum atomic E-state index is -0.602. The summed E-state index contributed by atoms with van der Waals surface area (Å²) >= 11 is 0. The van der Waals surface area contributed by atoms with Crippen molar-refractivity contribution in [3.63, 3.8) is 0 Å². The minimum absolute atomic E-state index is 0.0900. The highest BCUT2D eigenvalue weighted by atomic mass is 16.6. The van der Waals surface area contributed by atoms with Crippen LogP contribution in [-0.4, -0.2) is 64.0 Å². The molecule has 144 valence electrons. The molecule has 1 aromatic rings. The molecular weight excluding hydrogens is 352 g/mol. The van der Waals surface area contributed by atoms with Crippen molar-refractivity contribution < 1.29 is 19.3 Å². The highest BCUT2D eigenvalue weighted by molar-refractivity contribution is 6.03. The first-order chi connectivity index (χ1) is 12.9. The van der Waals surface area contributed by atoms with E-state index in [0.29, 0.717) is 37.9 Å². The van der Waals surface area contributed by atoms with E-state index in [9.17, 15) is 24.5 Å². The molecule has 1 aromatic carbocycles. The van der Waals surface area contributed by atoms with Crippen LogP contribution in [0.1, 0.15) is 36.0 Å². The number of carbonyl (C=O) groups excluding carboxylic acids is 3. The van der Waals surface area contributed by atoms with E-state index in [1.165, 1.54) is 29.2 Å². The van der Waals surface area contributed by atoms with Gasteiger partial charge in [-0.1, -0.05) is 0 Å². The van der Waals surface area contributed by atoms with Gasteiger partial charge in [-0.2, -0.15) is 0 Å². The van der Waals surface area contributed by atoms with E-state index in [0.717, 1.165) is 6.42 Å². The van der Waals surface area contributed by atoms with Crippen LogP contribution in [0.15, 0.2) is 24.3 Å². The smallest absolute Gasteiger partial charge is 0.269 e. The Labute approximate surface area is 156 Å². The lowest BCUT2D eigenvalue weighted by Crippen LogP contribution is -2.51. The number of nitrogens with two attached hydrogens (primary N) is 1. The molecule has 0 spiro atoms. The first-order valence-electron chi connectivity index (χ1n) is 9.02. The number of likely N-dealkylation sites (tertiary alicyclic amines) is 2. The van der Waals surface area contributed by atoms with Crippen molar-refractivity contribution in [1.82, 2.24) is 9.80 Å². The van der Waals surface area contributed by atoms with Crippen LogP contribution in [0.4, 0.5) is 5.69 Å². The molecule has 9 nitrogen and oxygen atoms in total. The number of amides is 2. The number of Topliss-reactive ketones (excluding diaryl/α,β-unsaturated/α-hetero) is 1. The zero-order valence-electron chi connectivity index (χ0n) is 14.9. The zero-order valence-corrected chi connectivity index (χ0v) is 14.9. The third kappa shape index (κ3) is 3.68. The average molecular weight is 374 g/mol. The maximum Gasteiger partial charge on any atom is 0.269 e. The summed E-state index contributed by atoms with van der Waals surface area (Å²) in [6.45, 7) is 0.819. The number of nitro benzene ring substituents is 1. The molecule has 2 aliphatic heterocycles. The fourth-order valence-corrected chi connectivity index (χ4v) is 3.87. The van der Waals surface area contributed by atoms with Crippen LogP contribution >= 0.6 is 0 Å². The Bertz CT molecular complexity index is 764. The summed E-state index contributed by atoms with van der Waals surface area (Å²) in [5.74, 6) is -0.708. The maximum absolute atomic E-state index is 13.0. The Hall–Kier alpha value is -2.81. The molecule has 2 aliphatic rings. The number of ketones is 1. The van der Waals surface area contributed by atoms with Gasteiger partial charge in [0.1, 0.15) is 6.04 Å². The third-order valence-electron chi connectivity index (χ3n) is 5.23. The van der Waals surface area contributed by atoms with Crippen molar-refractivity contribution in [1.29, 1.82) is 0 Å². The van der Waals surface area contributed by atoms with Crippen LogP contribution in [0.5, 0.6) is 0 Å². The molecule has 2 amide bonds. The number of hydrogen-bond donors (Lipinski definition) is 1. The Balaban J connectivity index is 1.76. The second kappa shape index (κ2) is 7.83. The molecule has 0 radical (unpaired) electrons. The summed E-state index contributed by atoms with van der Waals surface area (Å²) in [6, 6.07) is 4.24. The lowest BCUT2D eigenvalue weighted by molar-refractivity contribution is -0.384. The van der Waals surface area contributed by atoms with Gasteiger partial charge in [-0.15, -0.1) is 0 Å². The lowest BCUT2D eigenvalue weighted by Gasteiger charge is -2.30. The topological polar surface area (TPSA) is 127 Å². The van der Waals surface area contributed by atoms with E-state index in [4.69, 9.17) is 5.73 Å². The number of nitrogens with zero attached hydrogens (tertiary/aromatic N) is 3. The molecule has 2 heterocycles. The number of benzene rings is 1. The van der Waals surface area contributed by atoms with E-state index in [-0.39, 0.29) is 29.8 Å². The number of nitro groups is 1. The van der Waals surface area contributed by atoms with E-state index >= 15 is 0 Å². The van der Waals surface area contributed by atoms with Crippen LogP contribution in [0.3, 0.4) is 0 Å². The largest absolute Gasteiger partial charge is 0.330 e. The van der Waals surface area contributed by atoms with Gasteiger partial charge in [-0.25, -0.2) is 0 Å². The van der Waals surface area contributed by atoms with Crippen LogP contribution in [0, 0.1) is 10.1 Å². The normalized spacial score (nSPS) is 22.1. The number of non-ortho nitro benzene ring substituents is 1. The molecule has 0 aliphatic carbocycles. The second-order valence-corrected chi connectivity index (χ2v) is 6.81. The van der Waals surface area contributed by atoms with Gasteiger partial charge < -0.3 is 15.5 Å². The van der Waals surface area contributed by atoms with Crippen LogP contribution in [0.25, 0.3) is 0 Å². The molecule has 2 atom stereocenters. The molecule has 2 saturated heterocycles. The maximum atomic E-state index is 13.0. The predicted molar refractivity (Wildman–Crippen MR) is 96.0 cm³/mol. The first kappa shape index (κ1) is 19.0. The highest BCUT2D eigenvalue weighted by Gasteiger charge is 2.41. The number of carbonyl (C=O) groups is 3. The summed E-state index contributed by atoms with van der Waals surface area (Å²) in [6.07, 6.45) is 2.54. The quantitative estimate of drug-likeness (QED) is 0.460. The Morgan fingerprint density at radius 3 is 2.22 bits per heavy atom. The Morgan fingerprint density at radius 2 is 1.63 bits per heavy atom. The van der Waals surface area contributed by atoms with Crippen molar-refractivity contribution in [3.8, 4) is 0 Å². The average Bonchev–Trinajstić information content (AvgIpc) is 3.35. The molecule has 0 saturated carbocycles. The van der Waals surface area contributed by atoms with Gasteiger partial charge in [-0.3, -0.25) is 24.5 Å². The molecule has 9 heteroatoms. The summed E-state index contributed by atoms with van der Waals surface area (Å²) in [4.78, 5) is 51.2. The summed E-state index contributed by atoms with van der Waals surface area (Å²) < 4.78 is 0.